The molecule has 0 radical (unpaired) electrons. The molecule has 1 aliphatic heterocycles. The smallest absolute Gasteiger partial charge is 0.185 e. The highest BCUT2D eigenvalue weighted by Gasteiger charge is 2.37. The van der Waals surface area contributed by atoms with Crippen LogP contribution in [0.15, 0.2) is 49.6 Å². The number of aryl methyl sites for hydroxylation is 1. The van der Waals surface area contributed by atoms with Gasteiger partial charge in [-0.25, -0.2) is 22.2 Å². The van der Waals surface area contributed by atoms with Crippen LogP contribution in [-0.4, -0.2) is 31.7 Å². The molecule has 0 atom stereocenters. The summed E-state index contributed by atoms with van der Waals surface area (Å²) in [5.41, 5.74) is 3.10. The molecule has 10 heteroatoms. The molecule has 4 rings (SSSR count). The largest absolute Gasteiger partial charge is 0.348 e. The van der Waals surface area contributed by atoms with E-state index in [4.69, 9.17) is 4.98 Å². The van der Waals surface area contributed by atoms with Crippen molar-refractivity contribution in [3.8, 4) is 11.3 Å². The number of halogens is 4. The van der Waals surface area contributed by atoms with Gasteiger partial charge >= 0.3 is 0 Å². The minimum atomic E-state index is -4.05. The minimum absolute atomic E-state index is 0.212. The molecule has 3 aromatic rings. The Bertz CT molecular complexity index is 1210. The van der Waals surface area contributed by atoms with Crippen LogP contribution in [0, 0.1) is 18.6 Å². The van der Waals surface area contributed by atoms with E-state index in [-0.39, 0.29) is 8.95 Å². The van der Waals surface area contributed by atoms with E-state index in [0.717, 1.165) is 28.0 Å². The predicted molar refractivity (Wildman–Crippen MR) is 126 cm³/mol. The molecule has 2 aromatic carbocycles. The summed E-state index contributed by atoms with van der Waals surface area (Å²) in [6, 6.07) is 8.92. The predicted octanol–water partition coefficient (Wildman–Crippen LogP) is 6.36. The molecule has 1 fully saturated rings. The number of sulfone groups is 1. The molecule has 0 aliphatic carbocycles. The fourth-order valence-corrected chi connectivity index (χ4v) is 7.97. The fraction of sp³-hybridized carbons (Fsp3) is 0.286. The van der Waals surface area contributed by atoms with Gasteiger partial charge in [-0.1, -0.05) is 24.3 Å². The summed E-state index contributed by atoms with van der Waals surface area (Å²) in [5.74, 6) is -1.80. The average Bonchev–Trinajstić information content (AvgIpc) is 3.23. The maximum Gasteiger partial charge on any atom is 0.185 e. The number of nitrogens with zero attached hydrogens (tertiary/aromatic N) is 2. The molecule has 0 unspecified atom stereocenters. The lowest BCUT2D eigenvalue weighted by atomic mass is 10.1. The van der Waals surface area contributed by atoms with Crippen molar-refractivity contribution in [1.82, 2.24) is 4.98 Å². The van der Waals surface area contributed by atoms with Crippen LogP contribution >= 0.6 is 43.2 Å². The van der Waals surface area contributed by atoms with Gasteiger partial charge < -0.3 is 4.90 Å². The van der Waals surface area contributed by atoms with E-state index in [1.165, 1.54) is 11.3 Å². The topological polar surface area (TPSA) is 50.3 Å². The van der Waals surface area contributed by atoms with Crippen LogP contribution in [0.1, 0.15) is 18.4 Å². The molecule has 0 saturated carbocycles. The van der Waals surface area contributed by atoms with E-state index in [0.29, 0.717) is 25.9 Å². The van der Waals surface area contributed by atoms with Gasteiger partial charge in [0.15, 0.2) is 20.8 Å². The maximum atomic E-state index is 14.6. The lowest BCUT2D eigenvalue weighted by Crippen LogP contribution is -2.39. The van der Waals surface area contributed by atoms with E-state index < -0.39 is 31.6 Å². The summed E-state index contributed by atoms with van der Waals surface area (Å²) in [4.78, 5) is 6.16. The Labute approximate surface area is 200 Å². The maximum absolute atomic E-state index is 14.6. The Morgan fingerprint density at radius 1 is 1.16 bits per heavy atom. The van der Waals surface area contributed by atoms with Gasteiger partial charge in [0.2, 0.25) is 0 Å². The number of thiazole rings is 1. The molecule has 0 bridgehead atoms. The van der Waals surface area contributed by atoms with Crippen LogP contribution in [0.5, 0.6) is 0 Å². The van der Waals surface area contributed by atoms with Gasteiger partial charge in [-0.05, 0) is 63.3 Å². The second kappa shape index (κ2) is 8.88. The number of anilines is 1. The summed E-state index contributed by atoms with van der Waals surface area (Å²) in [5, 5.41) is 2.03. The summed E-state index contributed by atoms with van der Waals surface area (Å²) >= 11 is 7.33. The van der Waals surface area contributed by atoms with Gasteiger partial charge in [0.05, 0.1) is 19.9 Å². The zero-order valence-corrected chi connectivity index (χ0v) is 21.2. The quantitative estimate of drug-likeness (QED) is 0.331. The molecule has 31 heavy (non-hydrogen) atoms. The number of hydrogen-bond acceptors (Lipinski definition) is 5. The summed E-state index contributed by atoms with van der Waals surface area (Å²) in [7, 11) is -4.05. The normalized spacial score (nSPS) is 15.5. The van der Waals surface area contributed by atoms with Gasteiger partial charge in [0.25, 0.3) is 0 Å². The standard InChI is InChI=1S/C21H18Br2F2N2O2S2/c1-12-4-2-3-5-14(12)17-11-30-21(26-17)27-8-6-13(7-9-27)31(28,29)20-18(23)16(24)10-15(22)19(20)25/h2-5,10-11,13H,6-9H2,1H3. The average molecular weight is 592 g/mol. The summed E-state index contributed by atoms with van der Waals surface area (Å²) in [6.07, 6.45) is 0.614. The monoisotopic (exact) mass is 590 g/mol. The third-order valence-electron chi connectivity index (χ3n) is 5.42. The van der Waals surface area contributed by atoms with E-state index in [2.05, 4.69) is 31.9 Å². The van der Waals surface area contributed by atoms with Crippen molar-refractivity contribution in [2.45, 2.75) is 29.9 Å². The van der Waals surface area contributed by atoms with Gasteiger partial charge in [0.1, 0.15) is 10.7 Å². The third kappa shape index (κ3) is 4.31. The molecule has 1 aliphatic rings. The number of piperidine rings is 1. The van der Waals surface area contributed by atoms with Crippen molar-refractivity contribution in [1.29, 1.82) is 0 Å². The van der Waals surface area contributed by atoms with Crippen molar-refractivity contribution >= 4 is 58.2 Å². The molecule has 1 saturated heterocycles. The molecule has 164 valence electrons. The van der Waals surface area contributed by atoms with E-state index in [1.807, 2.05) is 41.5 Å². The molecule has 0 N–H and O–H groups in total. The third-order valence-corrected chi connectivity index (χ3v) is 10.2. The molecular formula is C21H18Br2F2N2O2S2. The van der Waals surface area contributed by atoms with Crippen molar-refractivity contribution in [3.05, 3.63) is 61.9 Å². The highest BCUT2D eigenvalue weighted by atomic mass is 79.9. The minimum Gasteiger partial charge on any atom is -0.348 e. The first-order valence-electron chi connectivity index (χ1n) is 9.53. The van der Waals surface area contributed by atoms with Crippen LogP contribution < -0.4 is 4.90 Å². The van der Waals surface area contributed by atoms with Crippen molar-refractivity contribution in [2.24, 2.45) is 0 Å². The van der Waals surface area contributed by atoms with Crippen molar-refractivity contribution in [3.63, 3.8) is 0 Å². The van der Waals surface area contributed by atoms with Gasteiger partial charge in [-0.15, -0.1) is 11.3 Å². The number of benzene rings is 2. The highest BCUT2D eigenvalue weighted by Crippen LogP contribution is 2.38. The highest BCUT2D eigenvalue weighted by molar-refractivity contribution is 9.11. The molecule has 0 spiro atoms. The molecule has 0 amide bonds. The van der Waals surface area contributed by atoms with Gasteiger partial charge in [0, 0.05) is 24.0 Å². The molecule has 4 nitrogen and oxygen atoms in total. The van der Waals surface area contributed by atoms with Crippen LogP contribution in [0.3, 0.4) is 0 Å². The Hall–Kier alpha value is -1.36. The van der Waals surface area contributed by atoms with E-state index >= 15 is 0 Å². The zero-order valence-electron chi connectivity index (χ0n) is 16.4. The molecular weight excluding hydrogens is 574 g/mol. The zero-order chi connectivity index (χ0) is 22.3. The van der Waals surface area contributed by atoms with E-state index in [1.54, 1.807) is 0 Å². The van der Waals surface area contributed by atoms with Crippen molar-refractivity contribution < 1.29 is 17.2 Å². The first-order chi connectivity index (χ1) is 14.7. The summed E-state index contributed by atoms with van der Waals surface area (Å²) < 4.78 is 54.3. The van der Waals surface area contributed by atoms with Crippen molar-refractivity contribution in [2.75, 3.05) is 18.0 Å². The second-order valence-electron chi connectivity index (χ2n) is 7.36. The first kappa shape index (κ1) is 22.8. The van der Waals surface area contributed by atoms with Crippen LogP contribution in [0.4, 0.5) is 13.9 Å². The van der Waals surface area contributed by atoms with Gasteiger partial charge in [-0.2, -0.15) is 0 Å². The number of rotatable bonds is 4. The Morgan fingerprint density at radius 2 is 1.84 bits per heavy atom. The molecule has 2 heterocycles. The number of hydrogen-bond donors (Lipinski definition) is 0. The Kier molecular flexibility index (Phi) is 6.54. The summed E-state index contributed by atoms with van der Waals surface area (Å²) in [6.45, 7) is 2.98. The number of aromatic nitrogens is 1. The van der Waals surface area contributed by atoms with Gasteiger partial charge in [-0.3, -0.25) is 0 Å². The van der Waals surface area contributed by atoms with Crippen LogP contribution in [-0.2, 0) is 9.84 Å². The SMILES string of the molecule is Cc1ccccc1-c1csc(N2CCC(S(=O)(=O)c3c(F)c(Br)cc(F)c3Br)CC2)n1. The second-order valence-corrected chi connectivity index (χ2v) is 12.0. The molecule has 1 aromatic heterocycles. The lowest BCUT2D eigenvalue weighted by Gasteiger charge is -2.31. The first-order valence-corrected chi connectivity index (χ1v) is 13.5. The van der Waals surface area contributed by atoms with Crippen LogP contribution in [0.25, 0.3) is 11.3 Å². The Balaban J connectivity index is 1.53. The Morgan fingerprint density at radius 3 is 2.52 bits per heavy atom. The van der Waals surface area contributed by atoms with Crippen LogP contribution in [0.2, 0.25) is 0 Å². The van der Waals surface area contributed by atoms with E-state index in [9.17, 15) is 17.2 Å². The lowest BCUT2D eigenvalue weighted by molar-refractivity contribution is 0.512. The fourth-order valence-electron chi connectivity index (χ4n) is 3.72.